The molecule has 27 heavy (non-hydrogen) atoms. The van der Waals surface area contributed by atoms with E-state index in [1.165, 1.54) is 6.08 Å². The van der Waals surface area contributed by atoms with Crippen LogP contribution >= 0.6 is 0 Å². The number of aromatic amines is 1. The van der Waals surface area contributed by atoms with Gasteiger partial charge in [-0.15, -0.1) is 13.2 Å². The van der Waals surface area contributed by atoms with Gasteiger partial charge >= 0.3 is 0 Å². The second kappa shape index (κ2) is 9.00. The van der Waals surface area contributed by atoms with E-state index in [1.54, 1.807) is 0 Å². The number of fused-ring (bicyclic) bond motifs is 1. The minimum atomic E-state index is -0.500. The number of hydrogen-bond acceptors (Lipinski definition) is 4. The highest BCUT2D eigenvalue weighted by Crippen LogP contribution is 2.23. The van der Waals surface area contributed by atoms with E-state index in [0.29, 0.717) is 23.8 Å². The number of hydroxylamine groups is 2. The SMILES string of the molecule is C=C.CCN=C1C(=C(C)C)C(NCc2cccc3[nH]ccc23)=CC(=O)N1O. The van der Waals surface area contributed by atoms with Crippen molar-refractivity contribution in [3.63, 3.8) is 0 Å². The smallest absolute Gasteiger partial charge is 0.278 e. The quantitative estimate of drug-likeness (QED) is 0.566. The first-order chi connectivity index (χ1) is 13.0. The largest absolute Gasteiger partial charge is 0.380 e. The summed E-state index contributed by atoms with van der Waals surface area (Å²) < 4.78 is 0. The Morgan fingerprint density at radius 2 is 2.04 bits per heavy atom. The minimum Gasteiger partial charge on any atom is -0.380 e. The molecule has 0 unspecified atom stereocenters. The molecule has 0 radical (unpaired) electrons. The standard InChI is InChI=1S/C19H22N4O2.C2H4/c1-4-20-19-18(12(2)3)16(10-17(24)23(19)25)22-11-13-6-5-7-15-14(13)8-9-21-15;1-2/h5-10,21-22,25H,4,11H2,1-3H3;1-2H2. The number of nitrogens with zero attached hydrogens (tertiary/aromatic N) is 2. The molecule has 1 aliphatic heterocycles. The van der Waals surface area contributed by atoms with Gasteiger partial charge in [-0.2, -0.15) is 5.06 Å². The molecule has 0 spiro atoms. The fraction of sp³-hybridized carbons (Fsp3) is 0.238. The third kappa shape index (κ3) is 4.17. The lowest BCUT2D eigenvalue weighted by molar-refractivity contribution is -0.143. The van der Waals surface area contributed by atoms with Crippen molar-refractivity contribution < 1.29 is 10.0 Å². The van der Waals surface area contributed by atoms with E-state index in [4.69, 9.17) is 0 Å². The topological polar surface area (TPSA) is 80.7 Å². The highest BCUT2D eigenvalue weighted by molar-refractivity contribution is 6.15. The maximum absolute atomic E-state index is 12.1. The Labute approximate surface area is 159 Å². The summed E-state index contributed by atoms with van der Waals surface area (Å²) in [4.78, 5) is 19.6. The normalized spacial score (nSPS) is 15.5. The van der Waals surface area contributed by atoms with Gasteiger partial charge in [0.1, 0.15) is 0 Å². The van der Waals surface area contributed by atoms with Crippen molar-refractivity contribution in [1.82, 2.24) is 15.4 Å². The molecule has 0 saturated heterocycles. The Balaban J connectivity index is 0.00000126. The number of rotatable bonds is 4. The van der Waals surface area contributed by atoms with Gasteiger partial charge in [0.15, 0.2) is 5.84 Å². The lowest BCUT2D eigenvalue weighted by atomic mass is 10.0. The van der Waals surface area contributed by atoms with Crippen molar-refractivity contribution in [2.24, 2.45) is 4.99 Å². The van der Waals surface area contributed by atoms with Gasteiger partial charge in [-0.25, -0.2) is 0 Å². The van der Waals surface area contributed by atoms with Crippen LogP contribution in [0.3, 0.4) is 0 Å². The number of allylic oxidation sites excluding steroid dienone is 1. The van der Waals surface area contributed by atoms with Gasteiger partial charge in [0.05, 0.1) is 5.70 Å². The summed E-state index contributed by atoms with van der Waals surface area (Å²) in [5, 5.41) is 15.1. The van der Waals surface area contributed by atoms with Gasteiger partial charge in [0.25, 0.3) is 5.91 Å². The van der Waals surface area contributed by atoms with Crippen LogP contribution in [0.25, 0.3) is 10.9 Å². The lowest BCUT2D eigenvalue weighted by Crippen LogP contribution is -2.41. The van der Waals surface area contributed by atoms with Crippen LogP contribution < -0.4 is 5.32 Å². The zero-order valence-corrected chi connectivity index (χ0v) is 16.0. The molecular weight excluding hydrogens is 340 g/mol. The van der Waals surface area contributed by atoms with E-state index in [-0.39, 0.29) is 5.84 Å². The number of amides is 1. The Bertz CT molecular complexity index is 917. The fourth-order valence-corrected chi connectivity index (χ4v) is 3.01. The first-order valence-corrected chi connectivity index (χ1v) is 8.79. The minimum absolute atomic E-state index is 0.289. The van der Waals surface area contributed by atoms with Gasteiger partial charge in [-0.1, -0.05) is 17.7 Å². The number of nitrogens with one attached hydrogen (secondary N) is 2. The average molecular weight is 366 g/mol. The van der Waals surface area contributed by atoms with Crippen LogP contribution in [0.1, 0.15) is 26.3 Å². The first-order valence-electron chi connectivity index (χ1n) is 8.79. The summed E-state index contributed by atoms with van der Waals surface area (Å²) in [5.74, 6) is -0.211. The Kier molecular flexibility index (Phi) is 6.73. The molecule has 6 heteroatoms. The Morgan fingerprint density at radius 3 is 2.70 bits per heavy atom. The van der Waals surface area contributed by atoms with E-state index in [1.807, 2.05) is 45.2 Å². The summed E-state index contributed by atoms with van der Waals surface area (Å²) in [6, 6.07) is 8.11. The van der Waals surface area contributed by atoms with Crippen molar-refractivity contribution >= 4 is 22.6 Å². The highest BCUT2D eigenvalue weighted by Gasteiger charge is 2.29. The van der Waals surface area contributed by atoms with E-state index >= 15 is 0 Å². The van der Waals surface area contributed by atoms with Crippen molar-refractivity contribution in [2.75, 3.05) is 6.54 Å². The molecule has 1 aromatic heterocycles. The zero-order valence-electron chi connectivity index (χ0n) is 16.0. The maximum atomic E-state index is 12.1. The summed E-state index contributed by atoms with van der Waals surface area (Å²) in [6.45, 7) is 12.8. The molecule has 6 nitrogen and oxygen atoms in total. The van der Waals surface area contributed by atoms with Crippen LogP contribution in [-0.2, 0) is 11.3 Å². The van der Waals surface area contributed by atoms with Crippen LogP contribution in [0.15, 0.2) is 71.5 Å². The monoisotopic (exact) mass is 366 g/mol. The van der Waals surface area contributed by atoms with Gasteiger partial charge in [-0.05, 0) is 38.5 Å². The molecule has 0 aliphatic carbocycles. The number of aliphatic imine (C=N–C) groups is 1. The number of benzene rings is 1. The van der Waals surface area contributed by atoms with E-state index in [9.17, 15) is 10.0 Å². The molecule has 1 aliphatic rings. The molecule has 0 bridgehead atoms. The van der Waals surface area contributed by atoms with Gasteiger partial charge in [-0.3, -0.25) is 15.0 Å². The van der Waals surface area contributed by atoms with Crippen LogP contribution in [0.4, 0.5) is 0 Å². The van der Waals surface area contributed by atoms with Crippen LogP contribution in [0.2, 0.25) is 0 Å². The van der Waals surface area contributed by atoms with Crippen LogP contribution in [0, 0.1) is 0 Å². The molecule has 1 amide bonds. The van der Waals surface area contributed by atoms with Gasteiger partial charge in [0.2, 0.25) is 0 Å². The molecule has 0 fully saturated rings. The first kappa shape index (κ1) is 20.2. The van der Waals surface area contributed by atoms with Crippen molar-refractivity contribution in [1.29, 1.82) is 0 Å². The summed E-state index contributed by atoms with van der Waals surface area (Å²) >= 11 is 0. The van der Waals surface area contributed by atoms with Crippen molar-refractivity contribution in [3.05, 3.63) is 72.1 Å². The molecule has 2 aromatic rings. The maximum Gasteiger partial charge on any atom is 0.278 e. The lowest BCUT2D eigenvalue weighted by Gasteiger charge is -2.27. The zero-order chi connectivity index (χ0) is 20.0. The molecule has 142 valence electrons. The molecule has 1 aromatic carbocycles. The van der Waals surface area contributed by atoms with E-state index in [2.05, 4.69) is 34.5 Å². The van der Waals surface area contributed by atoms with Gasteiger partial charge < -0.3 is 10.3 Å². The second-order valence-corrected chi connectivity index (χ2v) is 6.09. The van der Waals surface area contributed by atoms with E-state index < -0.39 is 5.91 Å². The molecule has 0 saturated carbocycles. The fourth-order valence-electron chi connectivity index (χ4n) is 3.01. The number of carbonyl (C=O) groups excluding carboxylic acids is 1. The number of aromatic nitrogens is 1. The number of carbonyl (C=O) groups is 1. The predicted molar refractivity (Wildman–Crippen MR) is 109 cm³/mol. The summed E-state index contributed by atoms with van der Waals surface area (Å²) in [6.07, 6.45) is 3.32. The van der Waals surface area contributed by atoms with E-state index in [0.717, 1.165) is 27.6 Å². The third-order valence-electron chi connectivity index (χ3n) is 4.13. The number of H-pyrrole nitrogens is 1. The predicted octanol–water partition coefficient (Wildman–Crippen LogP) is 3.93. The average Bonchev–Trinajstić information content (AvgIpc) is 3.14. The Morgan fingerprint density at radius 1 is 1.30 bits per heavy atom. The Hall–Kier alpha value is -3.12. The van der Waals surface area contributed by atoms with Crippen molar-refractivity contribution in [3.8, 4) is 0 Å². The molecule has 3 N–H and O–H groups in total. The highest BCUT2D eigenvalue weighted by atomic mass is 16.5. The molecule has 3 rings (SSSR count). The summed E-state index contributed by atoms with van der Waals surface area (Å²) in [7, 11) is 0. The van der Waals surface area contributed by atoms with Crippen LogP contribution in [-0.4, -0.2) is 33.5 Å². The number of hydrogen-bond donors (Lipinski definition) is 3. The third-order valence-corrected chi connectivity index (χ3v) is 4.13. The summed E-state index contributed by atoms with van der Waals surface area (Å²) in [5.41, 5.74) is 4.60. The van der Waals surface area contributed by atoms with Gasteiger partial charge in [0, 0.05) is 41.8 Å². The number of amidine groups is 1. The van der Waals surface area contributed by atoms with Crippen LogP contribution in [0.5, 0.6) is 0 Å². The second-order valence-electron chi connectivity index (χ2n) is 6.09. The molecular formula is C21H26N4O2. The van der Waals surface area contributed by atoms with Crippen molar-refractivity contribution in [2.45, 2.75) is 27.3 Å². The molecule has 0 atom stereocenters. The molecule has 2 heterocycles.